The number of aromatic nitrogens is 1. The van der Waals surface area contributed by atoms with E-state index in [1.807, 2.05) is 22.9 Å². The van der Waals surface area contributed by atoms with Gasteiger partial charge in [0.25, 0.3) is 0 Å². The number of fused-ring (bicyclic) bond motifs is 3. The fraction of sp³-hybridized carbons (Fsp3) is 0.0769. The molecule has 0 saturated heterocycles. The Morgan fingerprint density at radius 1 is 1.00 bits per heavy atom. The van der Waals surface area contributed by atoms with Crippen LogP contribution in [-0.4, -0.2) is 11.8 Å². The van der Waals surface area contributed by atoms with Gasteiger partial charge in [0, 0.05) is 15.2 Å². The first-order chi connectivity index (χ1) is 7.83. The Morgan fingerprint density at radius 2 is 1.75 bits per heavy atom. The molecule has 0 aliphatic rings. The number of rotatable bonds is 1. The van der Waals surface area contributed by atoms with Crippen LogP contribution < -0.4 is 4.84 Å². The van der Waals surface area contributed by atoms with Crippen LogP contribution in [0.1, 0.15) is 0 Å². The van der Waals surface area contributed by atoms with E-state index in [-0.39, 0.29) is 0 Å². The average molecular weight is 276 g/mol. The SMILES string of the molecule is COn1c2ccccc2c2c(Br)cccc21. The Morgan fingerprint density at radius 3 is 2.56 bits per heavy atom. The standard InChI is InChI=1S/C13H10BrNO/c1-16-15-11-7-3-2-5-9(11)13-10(14)6-4-8-12(13)15/h2-8H,1H3. The van der Waals surface area contributed by atoms with Gasteiger partial charge in [-0.1, -0.05) is 40.2 Å². The van der Waals surface area contributed by atoms with Gasteiger partial charge >= 0.3 is 0 Å². The lowest BCUT2D eigenvalue weighted by Gasteiger charge is -2.03. The Bertz CT molecular complexity index is 672. The van der Waals surface area contributed by atoms with Crippen LogP contribution in [0.15, 0.2) is 46.9 Å². The molecule has 0 atom stereocenters. The quantitative estimate of drug-likeness (QED) is 0.662. The van der Waals surface area contributed by atoms with Gasteiger partial charge in [0.15, 0.2) is 0 Å². The van der Waals surface area contributed by atoms with Gasteiger partial charge in [0.1, 0.15) is 7.11 Å². The molecule has 1 heterocycles. The van der Waals surface area contributed by atoms with Crippen LogP contribution in [0.3, 0.4) is 0 Å². The molecule has 0 N–H and O–H groups in total. The van der Waals surface area contributed by atoms with Crippen LogP contribution in [0.2, 0.25) is 0 Å². The first-order valence-corrected chi connectivity index (χ1v) is 5.84. The maximum atomic E-state index is 5.43. The molecule has 80 valence electrons. The second-order valence-corrected chi connectivity index (χ2v) is 4.48. The molecule has 0 spiro atoms. The highest BCUT2D eigenvalue weighted by molar-refractivity contribution is 9.10. The van der Waals surface area contributed by atoms with Crippen molar-refractivity contribution in [1.82, 2.24) is 4.73 Å². The summed E-state index contributed by atoms with van der Waals surface area (Å²) in [5.41, 5.74) is 2.17. The van der Waals surface area contributed by atoms with Gasteiger partial charge in [0.05, 0.1) is 11.0 Å². The van der Waals surface area contributed by atoms with Gasteiger partial charge in [-0.3, -0.25) is 0 Å². The van der Waals surface area contributed by atoms with E-state index in [0.29, 0.717) is 0 Å². The van der Waals surface area contributed by atoms with Crippen molar-refractivity contribution in [2.24, 2.45) is 0 Å². The smallest absolute Gasteiger partial charge is 0.104 e. The van der Waals surface area contributed by atoms with Gasteiger partial charge in [-0.05, 0) is 18.2 Å². The Hall–Kier alpha value is -1.48. The number of hydrogen-bond donors (Lipinski definition) is 0. The fourth-order valence-corrected chi connectivity index (χ4v) is 2.71. The highest BCUT2D eigenvalue weighted by atomic mass is 79.9. The van der Waals surface area contributed by atoms with Crippen LogP contribution in [0.25, 0.3) is 21.8 Å². The molecule has 0 saturated carbocycles. The lowest BCUT2D eigenvalue weighted by molar-refractivity contribution is 0.190. The van der Waals surface area contributed by atoms with Gasteiger partial charge < -0.3 is 4.84 Å². The van der Waals surface area contributed by atoms with Crippen LogP contribution in [0.4, 0.5) is 0 Å². The summed E-state index contributed by atoms with van der Waals surface area (Å²) in [7, 11) is 1.69. The first-order valence-electron chi connectivity index (χ1n) is 5.05. The fourth-order valence-electron chi connectivity index (χ4n) is 2.14. The third-order valence-electron chi connectivity index (χ3n) is 2.79. The molecule has 3 heteroatoms. The van der Waals surface area contributed by atoms with E-state index in [1.165, 1.54) is 10.8 Å². The number of hydrogen-bond acceptors (Lipinski definition) is 1. The molecule has 16 heavy (non-hydrogen) atoms. The largest absolute Gasteiger partial charge is 0.416 e. The van der Waals surface area contributed by atoms with Crippen molar-refractivity contribution in [2.75, 3.05) is 7.11 Å². The predicted octanol–water partition coefficient (Wildman–Crippen LogP) is 3.62. The van der Waals surface area contributed by atoms with Crippen LogP contribution in [-0.2, 0) is 0 Å². The van der Waals surface area contributed by atoms with E-state index in [4.69, 9.17) is 4.84 Å². The highest BCUT2D eigenvalue weighted by Gasteiger charge is 2.11. The second-order valence-electron chi connectivity index (χ2n) is 3.63. The Labute approximate surface area is 102 Å². The number of nitrogens with zero attached hydrogens (tertiary/aromatic N) is 1. The molecule has 0 aliphatic heterocycles. The summed E-state index contributed by atoms with van der Waals surface area (Å²) in [6.07, 6.45) is 0. The molecule has 0 bridgehead atoms. The van der Waals surface area contributed by atoms with E-state index in [2.05, 4.69) is 40.2 Å². The molecule has 0 radical (unpaired) electrons. The number of para-hydroxylation sites is 1. The van der Waals surface area contributed by atoms with Crippen molar-refractivity contribution >= 4 is 37.7 Å². The van der Waals surface area contributed by atoms with Crippen LogP contribution >= 0.6 is 15.9 Å². The molecule has 2 aromatic carbocycles. The monoisotopic (exact) mass is 275 g/mol. The number of halogens is 1. The van der Waals surface area contributed by atoms with Crippen molar-refractivity contribution < 1.29 is 4.84 Å². The van der Waals surface area contributed by atoms with E-state index in [9.17, 15) is 0 Å². The zero-order valence-corrected chi connectivity index (χ0v) is 10.4. The van der Waals surface area contributed by atoms with Crippen molar-refractivity contribution in [2.45, 2.75) is 0 Å². The summed E-state index contributed by atoms with van der Waals surface area (Å²) in [5.74, 6) is 0. The summed E-state index contributed by atoms with van der Waals surface area (Å²) < 4.78 is 2.95. The van der Waals surface area contributed by atoms with E-state index in [0.717, 1.165) is 15.5 Å². The molecule has 1 aromatic heterocycles. The topological polar surface area (TPSA) is 14.2 Å². The second kappa shape index (κ2) is 3.52. The van der Waals surface area contributed by atoms with E-state index >= 15 is 0 Å². The maximum absolute atomic E-state index is 5.43. The molecule has 2 nitrogen and oxygen atoms in total. The highest BCUT2D eigenvalue weighted by Crippen LogP contribution is 2.33. The Kier molecular flexibility index (Phi) is 2.14. The van der Waals surface area contributed by atoms with Crippen molar-refractivity contribution in [3.05, 3.63) is 46.9 Å². The molecule has 0 aliphatic carbocycles. The predicted molar refractivity (Wildman–Crippen MR) is 69.6 cm³/mol. The van der Waals surface area contributed by atoms with E-state index in [1.54, 1.807) is 7.11 Å². The normalized spacial score (nSPS) is 11.1. The van der Waals surface area contributed by atoms with Gasteiger partial charge in [-0.25, -0.2) is 0 Å². The minimum Gasteiger partial charge on any atom is -0.416 e. The third-order valence-corrected chi connectivity index (χ3v) is 3.45. The summed E-state index contributed by atoms with van der Waals surface area (Å²) >= 11 is 3.59. The molecular formula is C13H10BrNO. The molecule has 0 amide bonds. The molecule has 0 unspecified atom stereocenters. The lowest BCUT2D eigenvalue weighted by atomic mass is 10.2. The van der Waals surface area contributed by atoms with Crippen LogP contribution in [0, 0.1) is 0 Å². The summed E-state index contributed by atoms with van der Waals surface area (Å²) in [4.78, 5) is 5.43. The van der Waals surface area contributed by atoms with Crippen molar-refractivity contribution in [3.63, 3.8) is 0 Å². The van der Waals surface area contributed by atoms with E-state index < -0.39 is 0 Å². The number of benzene rings is 2. The van der Waals surface area contributed by atoms with Gasteiger partial charge in [-0.2, -0.15) is 4.73 Å². The summed E-state index contributed by atoms with van der Waals surface area (Å²) in [5, 5.41) is 2.40. The maximum Gasteiger partial charge on any atom is 0.104 e. The zero-order valence-electron chi connectivity index (χ0n) is 8.77. The molecular weight excluding hydrogens is 266 g/mol. The average Bonchev–Trinajstić information content (AvgIpc) is 2.64. The minimum atomic E-state index is 1.08. The zero-order chi connectivity index (χ0) is 11.1. The van der Waals surface area contributed by atoms with Crippen molar-refractivity contribution in [3.8, 4) is 0 Å². The lowest BCUT2D eigenvalue weighted by Crippen LogP contribution is -2.04. The van der Waals surface area contributed by atoms with Crippen LogP contribution in [0.5, 0.6) is 0 Å². The van der Waals surface area contributed by atoms with Gasteiger partial charge in [-0.15, -0.1) is 0 Å². The molecule has 3 rings (SSSR count). The summed E-state index contributed by atoms with van der Waals surface area (Å²) in [6, 6.07) is 14.4. The Balaban J connectivity index is 2.64. The molecule has 0 fully saturated rings. The third kappa shape index (κ3) is 1.18. The van der Waals surface area contributed by atoms with Crippen molar-refractivity contribution in [1.29, 1.82) is 0 Å². The first kappa shape index (κ1) is 9.73. The van der Waals surface area contributed by atoms with Gasteiger partial charge in [0.2, 0.25) is 0 Å². The molecule has 3 aromatic rings. The summed E-state index contributed by atoms with van der Waals surface area (Å²) in [6.45, 7) is 0. The minimum absolute atomic E-state index is 1.08.